The molecule has 4 heterocycles. The van der Waals surface area contributed by atoms with Crippen molar-refractivity contribution in [2.24, 2.45) is 0 Å². The van der Waals surface area contributed by atoms with Gasteiger partial charge in [0.05, 0.1) is 17.7 Å². The molecule has 2 aromatic rings. The molecule has 31 heavy (non-hydrogen) atoms. The number of piperidine rings is 1. The Hall–Kier alpha value is -2.90. The molecule has 2 aliphatic heterocycles. The smallest absolute Gasteiger partial charge is 0.376 e. The molecule has 0 bridgehead atoms. The van der Waals surface area contributed by atoms with Crippen LogP contribution in [0.5, 0.6) is 0 Å². The minimum atomic E-state index is -5.10. The second-order valence-corrected chi connectivity index (χ2v) is 7.44. The number of aromatic nitrogens is 4. The van der Waals surface area contributed by atoms with E-state index >= 15 is 0 Å². The van der Waals surface area contributed by atoms with Crippen molar-refractivity contribution >= 4 is 17.5 Å². The van der Waals surface area contributed by atoms with E-state index in [-0.39, 0.29) is 43.3 Å². The largest absolute Gasteiger partial charge is 0.451 e. The number of halogens is 6. The number of aromatic amines is 1. The molecule has 2 aliphatic rings. The zero-order valence-electron chi connectivity index (χ0n) is 15.7. The zero-order valence-corrected chi connectivity index (χ0v) is 15.7. The van der Waals surface area contributed by atoms with Crippen LogP contribution in [0.25, 0.3) is 0 Å². The molecule has 0 saturated carbocycles. The van der Waals surface area contributed by atoms with Gasteiger partial charge in [-0.3, -0.25) is 9.89 Å². The number of aliphatic hydroxyl groups is 1. The average Bonchev–Trinajstić information content (AvgIpc) is 3.11. The SMILES string of the molecule is O=C1CC(O)(C(F)(F)F)c2c(C3CCN(c4ccnc(C(F)(F)F)n4)CC3)n[nH]c2N1. The summed E-state index contributed by atoms with van der Waals surface area (Å²) >= 11 is 0. The first-order valence-corrected chi connectivity index (χ1v) is 9.23. The molecule has 1 amide bonds. The number of nitrogens with zero attached hydrogens (tertiary/aromatic N) is 4. The summed E-state index contributed by atoms with van der Waals surface area (Å²) in [6.07, 6.45) is -9.48. The van der Waals surface area contributed by atoms with Crippen molar-refractivity contribution in [1.29, 1.82) is 0 Å². The predicted molar refractivity (Wildman–Crippen MR) is 93.0 cm³/mol. The van der Waals surface area contributed by atoms with Crippen molar-refractivity contribution in [2.45, 2.75) is 43.1 Å². The molecule has 1 fully saturated rings. The number of amides is 1. The number of hydrogen-bond acceptors (Lipinski definition) is 6. The Morgan fingerprint density at radius 1 is 1.16 bits per heavy atom. The molecule has 1 unspecified atom stereocenters. The van der Waals surface area contributed by atoms with Crippen LogP contribution in [0.3, 0.4) is 0 Å². The molecular weight excluding hydrogens is 434 g/mol. The Kier molecular flexibility index (Phi) is 4.87. The molecule has 0 aromatic carbocycles. The lowest BCUT2D eigenvalue weighted by Gasteiger charge is -2.36. The van der Waals surface area contributed by atoms with Crippen molar-refractivity contribution in [2.75, 3.05) is 23.3 Å². The molecule has 14 heteroatoms. The molecule has 168 valence electrons. The molecule has 0 spiro atoms. The van der Waals surface area contributed by atoms with Crippen LogP contribution >= 0.6 is 0 Å². The van der Waals surface area contributed by atoms with Gasteiger partial charge in [0.1, 0.15) is 11.6 Å². The van der Waals surface area contributed by atoms with E-state index in [0.29, 0.717) is 0 Å². The number of carbonyl (C=O) groups is 1. The number of rotatable bonds is 2. The highest BCUT2D eigenvalue weighted by atomic mass is 19.4. The number of H-pyrrole nitrogens is 1. The highest BCUT2D eigenvalue weighted by Crippen LogP contribution is 2.49. The zero-order chi connectivity index (χ0) is 22.6. The third kappa shape index (κ3) is 3.68. The summed E-state index contributed by atoms with van der Waals surface area (Å²) in [4.78, 5) is 20.0. The van der Waals surface area contributed by atoms with Crippen LogP contribution in [-0.2, 0) is 16.6 Å². The maximum Gasteiger partial charge on any atom is 0.451 e. The Labute approximate surface area is 170 Å². The van der Waals surface area contributed by atoms with E-state index in [0.717, 1.165) is 6.20 Å². The van der Waals surface area contributed by atoms with Crippen molar-refractivity contribution in [3.05, 3.63) is 29.3 Å². The van der Waals surface area contributed by atoms with Crippen LogP contribution in [0, 0.1) is 0 Å². The summed E-state index contributed by atoms with van der Waals surface area (Å²) in [6.45, 7) is 0.412. The quantitative estimate of drug-likeness (QED) is 0.608. The van der Waals surface area contributed by atoms with Gasteiger partial charge < -0.3 is 15.3 Å². The summed E-state index contributed by atoms with van der Waals surface area (Å²) in [6, 6.07) is 1.32. The standard InChI is InChI=1S/C17H16F6N6O2/c18-16(19,20)14-24-4-1-9(25-14)29-5-2-8(3-6-29)12-11-13(28-27-12)26-10(30)7-15(11,31)17(21,22)23/h1,4,8,31H,2-3,5-7H2,(H2,26,27,28,30). The van der Waals surface area contributed by atoms with Gasteiger partial charge in [0.15, 0.2) is 5.60 Å². The van der Waals surface area contributed by atoms with Gasteiger partial charge in [-0.2, -0.15) is 31.4 Å². The predicted octanol–water partition coefficient (Wildman–Crippen LogP) is 2.69. The van der Waals surface area contributed by atoms with E-state index in [9.17, 15) is 36.2 Å². The number of anilines is 2. The van der Waals surface area contributed by atoms with Crippen LogP contribution in [0.15, 0.2) is 12.3 Å². The molecule has 2 aromatic heterocycles. The number of alkyl halides is 6. The van der Waals surface area contributed by atoms with Crippen LogP contribution in [0.2, 0.25) is 0 Å². The lowest BCUT2D eigenvalue weighted by atomic mass is 9.81. The molecule has 3 N–H and O–H groups in total. The molecule has 1 atom stereocenters. The fraction of sp³-hybridized carbons (Fsp3) is 0.529. The maximum atomic E-state index is 13.6. The van der Waals surface area contributed by atoms with Crippen LogP contribution in [-0.4, -0.2) is 50.4 Å². The van der Waals surface area contributed by atoms with Gasteiger partial charge in [0.2, 0.25) is 11.7 Å². The normalized spacial score (nSPS) is 22.9. The average molecular weight is 450 g/mol. The number of hydrogen-bond donors (Lipinski definition) is 3. The Morgan fingerprint density at radius 2 is 1.84 bits per heavy atom. The van der Waals surface area contributed by atoms with E-state index in [1.165, 1.54) is 6.07 Å². The van der Waals surface area contributed by atoms with Gasteiger partial charge in [0, 0.05) is 25.2 Å². The number of nitrogens with one attached hydrogen (secondary N) is 2. The van der Waals surface area contributed by atoms with Crippen LogP contribution in [0.4, 0.5) is 38.0 Å². The highest BCUT2D eigenvalue weighted by Gasteiger charge is 2.61. The molecule has 8 nitrogen and oxygen atoms in total. The number of carbonyl (C=O) groups excluding carboxylic acids is 1. The number of fused-ring (bicyclic) bond motifs is 1. The van der Waals surface area contributed by atoms with E-state index < -0.39 is 47.6 Å². The van der Waals surface area contributed by atoms with Gasteiger partial charge in [-0.25, -0.2) is 9.97 Å². The Morgan fingerprint density at radius 3 is 2.45 bits per heavy atom. The lowest BCUT2D eigenvalue weighted by Crippen LogP contribution is -2.49. The van der Waals surface area contributed by atoms with Crippen molar-refractivity contribution in [3.63, 3.8) is 0 Å². The summed E-state index contributed by atoms with van der Waals surface area (Å²) in [5.41, 5.74) is -3.91. The molecular formula is C17H16F6N6O2. The van der Waals surface area contributed by atoms with E-state index in [1.807, 2.05) is 0 Å². The first-order valence-electron chi connectivity index (χ1n) is 9.23. The Bertz CT molecular complexity index is 998. The van der Waals surface area contributed by atoms with Gasteiger partial charge in [-0.1, -0.05) is 0 Å². The first kappa shape index (κ1) is 21.3. The van der Waals surface area contributed by atoms with E-state index in [1.54, 1.807) is 4.90 Å². The molecule has 0 radical (unpaired) electrons. The van der Waals surface area contributed by atoms with Gasteiger partial charge >= 0.3 is 12.4 Å². The summed E-state index contributed by atoms with van der Waals surface area (Å²) in [5, 5.41) is 18.9. The fourth-order valence-corrected chi connectivity index (χ4v) is 3.95. The second kappa shape index (κ2) is 7.07. The van der Waals surface area contributed by atoms with Crippen molar-refractivity contribution in [1.82, 2.24) is 20.2 Å². The van der Waals surface area contributed by atoms with Crippen molar-refractivity contribution in [3.8, 4) is 0 Å². The highest BCUT2D eigenvalue weighted by molar-refractivity contribution is 5.94. The second-order valence-electron chi connectivity index (χ2n) is 7.44. The van der Waals surface area contributed by atoms with Crippen LogP contribution in [0.1, 0.15) is 42.3 Å². The minimum absolute atomic E-state index is 0.0202. The van der Waals surface area contributed by atoms with Crippen molar-refractivity contribution < 1.29 is 36.2 Å². The third-order valence-corrected chi connectivity index (χ3v) is 5.46. The summed E-state index contributed by atoms with van der Waals surface area (Å²) in [7, 11) is 0. The van der Waals surface area contributed by atoms with Gasteiger partial charge in [0.25, 0.3) is 0 Å². The maximum absolute atomic E-state index is 13.6. The summed E-state index contributed by atoms with van der Waals surface area (Å²) < 4.78 is 79.4. The third-order valence-electron chi connectivity index (χ3n) is 5.46. The lowest BCUT2D eigenvalue weighted by molar-refractivity contribution is -0.267. The monoisotopic (exact) mass is 450 g/mol. The topological polar surface area (TPSA) is 107 Å². The molecule has 4 rings (SSSR count). The van der Waals surface area contributed by atoms with E-state index in [2.05, 4.69) is 25.5 Å². The minimum Gasteiger partial charge on any atom is -0.376 e. The molecule has 0 aliphatic carbocycles. The van der Waals surface area contributed by atoms with Gasteiger partial charge in [-0.15, -0.1) is 0 Å². The fourth-order valence-electron chi connectivity index (χ4n) is 3.95. The Balaban J connectivity index is 1.57. The van der Waals surface area contributed by atoms with Gasteiger partial charge in [-0.05, 0) is 18.9 Å². The van der Waals surface area contributed by atoms with Crippen LogP contribution < -0.4 is 10.2 Å². The first-order chi connectivity index (χ1) is 14.4. The van der Waals surface area contributed by atoms with E-state index in [4.69, 9.17) is 0 Å². The molecule has 1 saturated heterocycles. The summed E-state index contributed by atoms with van der Waals surface area (Å²) in [5.74, 6) is -3.03.